The highest BCUT2D eigenvalue weighted by molar-refractivity contribution is 6.32. The molecule has 0 spiro atoms. The van der Waals surface area contributed by atoms with Crippen LogP contribution in [0.4, 0.5) is 5.69 Å². The second-order valence-electron chi connectivity index (χ2n) is 4.64. The van der Waals surface area contributed by atoms with Gasteiger partial charge in [0, 0.05) is 13.1 Å². The summed E-state index contributed by atoms with van der Waals surface area (Å²) < 4.78 is 0. The van der Waals surface area contributed by atoms with Gasteiger partial charge in [-0.05, 0) is 37.3 Å². The average molecular weight is 249 g/mol. The molecule has 17 heavy (non-hydrogen) atoms. The van der Waals surface area contributed by atoms with Gasteiger partial charge in [-0.1, -0.05) is 24.6 Å². The van der Waals surface area contributed by atoms with Gasteiger partial charge in [-0.2, -0.15) is 5.26 Å². The Hall–Kier alpha value is -1.20. The highest BCUT2D eigenvalue weighted by atomic mass is 35.5. The van der Waals surface area contributed by atoms with E-state index in [-0.39, 0.29) is 0 Å². The molecule has 1 aromatic carbocycles. The number of hydrogen-bond donors (Lipinski definition) is 0. The maximum absolute atomic E-state index is 9.21. The van der Waals surface area contributed by atoms with Crippen LogP contribution < -0.4 is 4.90 Å². The Morgan fingerprint density at radius 2 is 2.24 bits per heavy atom. The molecule has 0 aromatic heterocycles. The molecule has 2 nitrogen and oxygen atoms in total. The number of nitriles is 1. The Morgan fingerprint density at radius 3 is 2.82 bits per heavy atom. The number of nitrogens with zero attached hydrogens (tertiary/aromatic N) is 2. The first-order valence-electron chi connectivity index (χ1n) is 6.19. The maximum Gasteiger partial charge on any atom is 0.103 e. The number of halogens is 1. The van der Waals surface area contributed by atoms with Crippen LogP contribution in [0.3, 0.4) is 0 Å². The summed E-state index contributed by atoms with van der Waals surface area (Å²) in [6, 6.07) is 7.93. The Balaban J connectivity index is 2.27. The van der Waals surface area contributed by atoms with Crippen LogP contribution in [0.2, 0.25) is 5.02 Å². The van der Waals surface area contributed by atoms with E-state index in [2.05, 4.69) is 17.9 Å². The maximum atomic E-state index is 9.21. The van der Waals surface area contributed by atoms with Crippen LogP contribution >= 0.6 is 11.6 Å². The minimum atomic E-state index is 0.557. The van der Waals surface area contributed by atoms with E-state index in [4.69, 9.17) is 11.6 Å². The third-order valence-corrected chi connectivity index (χ3v) is 3.43. The molecular formula is C14H17ClN2. The number of hydrogen-bond acceptors (Lipinski definition) is 2. The van der Waals surface area contributed by atoms with Gasteiger partial charge in [0.1, 0.15) is 6.07 Å². The predicted molar refractivity (Wildman–Crippen MR) is 71.4 cm³/mol. The van der Waals surface area contributed by atoms with E-state index in [0.717, 1.165) is 31.1 Å². The van der Waals surface area contributed by atoms with Crippen LogP contribution in [0, 0.1) is 17.2 Å². The monoisotopic (exact) mass is 248 g/mol. The molecule has 2 rings (SSSR count). The van der Waals surface area contributed by atoms with E-state index in [1.165, 1.54) is 12.8 Å². The lowest BCUT2D eigenvalue weighted by Crippen LogP contribution is -2.27. The van der Waals surface area contributed by atoms with Crippen LogP contribution in [0.5, 0.6) is 0 Å². The summed E-state index contributed by atoms with van der Waals surface area (Å²) in [6.45, 7) is 4.21. The summed E-state index contributed by atoms with van der Waals surface area (Å²) >= 11 is 6.08. The first-order valence-corrected chi connectivity index (χ1v) is 6.57. The molecule has 0 bridgehead atoms. The van der Waals surface area contributed by atoms with Crippen molar-refractivity contribution in [2.75, 3.05) is 18.0 Å². The Morgan fingerprint density at radius 1 is 1.47 bits per heavy atom. The largest absolute Gasteiger partial charge is 0.370 e. The molecule has 1 aromatic rings. The second kappa shape index (κ2) is 5.42. The lowest BCUT2D eigenvalue weighted by Gasteiger charge is -2.25. The summed E-state index contributed by atoms with van der Waals surface area (Å²) in [5.41, 5.74) is 1.61. The van der Waals surface area contributed by atoms with Crippen LogP contribution in [-0.4, -0.2) is 13.1 Å². The fourth-order valence-corrected chi connectivity index (χ4v) is 2.29. The fraction of sp³-hybridized carbons (Fsp3) is 0.500. The standard InChI is InChI=1S/C14H17ClN2/c1-2-8-17(10-11-6-7-11)14-5-3-4-13(15)12(14)9-16/h3-5,11H,2,6-8,10H2,1H3. The molecule has 0 atom stereocenters. The van der Waals surface area contributed by atoms with Crippen LogP contribution in [0.25, 0.3) is 0 Å². The van der Waals surface area contributed by atoms with E-state index in [1.54, 1.807) is 6.07 Å². The highest BCUT2D eigenvalue weighted by Gasteiger charge is 2.25. The third kappa shape index (κ3) is 2.92. The zero-order valence-corrected chi connectivity index (χ0v) is 10.9. The van der Waals surface area contributed by atoms with Gasteiger partial charge < -0.3 is 4.90 Å². The number of anilines is 1. The number of benzene rings is 1. The van der Waals surface area contributed by atoms with Gasteiger partial charge in [0.05, 0.1) is 16.3 Å². The van der Waals surface area contributed by atoms with Gasteiger partial charge in [0.2, 0.25) is 0 Å². The van der Waals surface area contributed by atoms with Crippen LogP contribution in [0.15, 0.2) is 18.2 Å². The summed E-state index contributed by atoms with van der Waals surface area (Å²) in [5, 5.41) is 9.76. The molecule has 3 heteroatoms. The molecule has 1 fully saturated rings. The van der Waals surface area contributed by atoms with Crippen LogP contribution in [0.1, 0.15) is 31.7 Å². The van der Waals surface area contributed by atoms with Crippen molar-refractivity contribution >= 4 is 17.3 Å². The predicted octanol–water partition coefficient (Wildman–Crippen LogP) is 3.84. The van der Waals surface area contributed by atoms with E-state index in [0.29, 0.717) is 10.6 Å². The Bertz CT molecular complexity index is 432. The molecule has 0 heterocycles. The van der Waals surface area contributed by atoms with Crippen molar-refractivity contribution in [2.45, 2.75) is 26.2 Å². The molecule has 0 saturated heterocycles. The molecule has 0 unspecified atom stereocenters. The zero-order chi connectivity index (χ0) is 12.3. The van der Waals surface area contributed by atoms with E-state index < -0.39 is 0 Å². The third-order valence-electron chi connectivity index (χ3n) is 3.11. The van der Waals surface area contributed by atoms with Crippen molar-refractivity contribution in [1.29, 1.82) is 5.26 Å². The lowest BCUT2D eigenvalue weighted by atomic mass is 10.1. The summed E-state index contributed by atoms with van der Waals surface area (Å²) in [4.78, 5) is 2.31. The van der Waals surface area contributed by atoms with Gasteiger partial charge in [0.25, 0.3) is 0 Å². The molecule has 0 amide bonds. The normalized spacial score (nSPS) is 14.4. The van der Waals surface area contributed by atoms with E-state index in [1.807, 2.05) is 12.1 Å². The quantitative estimate of drug-likeness (QED) is 0.792. The topological polar surface area (TPSA) is 27.0 Å². The fourth-order valence-electron chi connectivity index (χ4n) is 2.08. The molecule has 0 aliphatic heterocycles. The van der Waals surface area contributed by atoms with Crippen molar-refractivity contribution in [1.82, 2.24) is 0 Å². The van der Waals surface area contributed by atoms with Crippen molar-refractivity contribution < 1.29 is 0 Å². The SMILES string of the molecule is CCCN(CC1CC1)c1cccc(Cl)c1C#N. The van der Waals surface area contributed by atoms with Gasteiger partial charge >= 0.3 is 0 Å². The minimum Gasteiger partial charge on any atom is -0.370 e. The summed E-state index contributed by atoms with van der Waals surface area (Å²) in [7, 11) is 0. The molecular weight excluding hydrogens is 232 g/mol. The smallest absolute Gasteiger partial charge is 0.103 e. The van der Waals surface area contributed by atoms with Gasteiger partial charge in [-0.15, -0.1) is 0 Å². The van der Waals surface area contributed by atoms with Crippen molar-refractivity contribution in [3.8, 4) is 6.07 Å². The van der Waals surface area contributed by atoms with Crippen molar-refractivity contribution in [3.63, 3.8) is 0 Å². The van der Waals surface area contributed by atoms with Crippen LogP contribution in [-0.2, 0) is 0 Å². The molecule has 90 valence electrons. The highest BCUT2D eigenvalue weighted by Crippen LogP contribution is 2.33. The zero-order valence-electron chi connectivity index (χ0n) is 10.1. The lowest BCUT2D eigenvalue weighted by molar-refractivity contribution is 0.707. The van der Waals surface area contributed by atoms with Gasteiger partial charge in [0.15, 0.2) is 0 Å². The molecule has 1 aliphatic carbocycles. The first kappa shape index (κ1) is 12.3. The Kier molecular flexibility index (Phi) is 3.91. The van der Waals surface area contributed by atoms with E-state index >= 15 is 0 Å². The van der Waals surface area contributed by atoms with Gasteiger partial charge in [-0.3, -0.25) is 0 Å². The first-order chi connectivity index (χ1) is 8.26. The molecule has 0 N–H and O–H groups in total. The Labute approximate surface area is 108 Å². The molecule has 0 radical (unpaired) electrons. The molecule has 1 saturated carbocycles. The van der Waals surface area contributed by atoms with Crippen molar-refractivity contribution in [3.05, 3.63) is 28.8 Å². The summed E-state index contributed by atoms with van der Waals surface area (Å²) in [5.74, 6) is 0.812. The average Bonchev–Trinajstić information content (AvgIpc) is 3.12. The van der Waals surface area contributed by atoms with Crippen molar-refractivity contribution in [2.24, 2.45) is 5.92 Å². The van der Waals surface area contributed by atoms with E-state index in [9.17, 15) is 5.26 Å². The minimum absolute atomic E-state index is 0.557. The summed E-state index contributed by atoms with van der Waals surface area (Å²) in [6.07, 6.45) is 3.73. The van der Waals surface area contributed by atoms with Gasteiger partial charge in [-0.25, -0.2) is 0 Å². The second-order valence-corrected chi connectivity index (χ2v) is 5.04. The number of rotatable bonds is 5. The molecule has 1 aliphatic rings.